The van der Waals surface area contributed by atoms with E-state index in [0.29, 0.717) is 6.54 Å². The monoisotopic (exact) mass is 309 g/mol. The van der Waals surface area contributed by atoms with Crippen molar-refractivity contribution in [1.29, 1.82) is 0 Å². The lowest BCUT2D eigenvalue weighted by Crippen LogP contribution is -2.05. The predicted molar refractivity (Wildman–Crippen MR) is 90.7 cm³/mol. The zero-order valence-electron chi connectivity index (χ0n) is 13.2. The van der Waals surface area contributed by atoms with Crippen molar-refractivity contribution in [1.82, 2.24) is 9.55 Å². The fraction of sp³-hybridized carbons (Fsp3) is 0.167. The molecule has 0 unspecified atom stereocenters. The molecule has 0 saturated heterocycles. The molecule has 0 amide bonds. The van der Waals surface area contributed by atoms with Crippen LogP contribution in [0.5, 0.6) is 11.5 Å². The molecule has 1 aromatic heterocycles. The summed E-state index contributed by atoms with van der Waals surface area (Å²) in [4.78, 5) is 4.49. The largest absolute Gasteiger partial charge is 0.496 e. The number of hydrogen-bond acceptors (Lipinski definition) is 4. The number of aromatic nitrogens is 2. The van der Waals surface area contributed by atoms with E-state index in [1.54, 1.807) is 20.4 Å². The Labute approximate surface area is 135 Å². The number of imidazole rings is 1. The lowest BCUT2D eigenvalue weighted by atomic mass is 10.1. The number of anilines is 1. The molecule has 0 saturated carbocycles. The Kier molecular flexibility index (Phi) is 4.19. The molecule has 5 nitrogen and oxygen atoms in total. The maximum absolute atomic E-state index is 6.05. The average Bonchev–Trinajstić information content (AvgIpc) is 3.03. The molecule has 1 heterocycles. The van der Waals surface area contributed by atoms with E-state index in [1.165, 1.54) is 0 Å². The fourth-order valence-corrected chi connectivity index (χ4v) is 2.60. The van der Waals surface area contributed by atoms with Gasteiger partial charge in [0.05, 0.1) is 20.8 Å². The van der Waals surface area contributed by atoms with Crippen LogP contribution in [0.1, 0.15) is 5.56 Å². The molecule has 0 fully saturated rings. The number of para-hydroxylation sites is 1. The number of nitrogens with zero attached hydrogens (tertiary/aromatic N) is 2. The zero-order valence-corrected chi connectivity index (χ0v) is 13.2. The van der Waals surface area contributed by atoms with Crippen molar-refractivity contribution >= 4 is 5.69 Å². The molecule has 3 aromatic rings. The highest BCUT2D eigenvalue weighted by atomic mass is 16.5. The van der Waals surface area contributed by atoms with Gasteiger partial charge in [0.1, 0.15) is 22.9 Å². The summed E-state index contributed by atoms with van der Waals surface area (Å²) in [5.41, 5.74) is 8.69. The van der Waals surface area contributed by atoms with Crippen molar-refractivity contribution in [2.75, 3.05) is 20.0 Å². The fourth-order valence-electron chi connectivity index (χ4n) is 2.60. The van der Waals surface area contributed by atoms with Gasteiger partial charge in [-0.2, -0.15) is 0 Å². The van der Waals surface area contributed by atoms with E-state index in [0.717, 1.165) is 34.1 Å². The van der Waals surface area contributed by atoms with Crippen LogP contribution in [0.3, 0.4) is 0 Å². The molecule has 0 aliphatic carbocycles. The maximum Gasteiger partial charge on any atom is 0.147 e. The van der Waals surface area contributed by atoms with Gasteiger partial charge < -0.3 is 19.8 Å². The van der Waals surface area contributed by atoms with Crippen LogP contribution in [0.2, 0.25) is 0 Å². The predicted octanol–water partition coefficient (Wildman–Crippen LogP) is 3.20. The summed E-state index contributed by atoms with van der Waals surface area (Å²) >= 11 is 0. The molecule has 0 aliphatic rings. The summed E-state index contributed by atoms with van der Waals surface area (Å²) in [6, 6.07) is 13.5. The van der Waals surface area contributed by atoms with Gasteiger partial charge in [-0.05, 0) is 23.8 Å². The van der Waals surface area contributed by atoms with Crippen LogP contribution < -0.4 is 15.2 Å². The summed E-state index contributed by atoms with van der Waals surface area (Å²) in [7, 11) is 3.28. The van der Waals surface area contributed by atoms with Gasteiger partial charge >= 0.3 is 0 Å². The first-order valence-corrected chi connectivity index (χ1v) is 7.30. The first-order chi connectivity index (χ1) is 11.2. The minimum atomic E-state index is 0.628. The minimum Gasteiger partial charge on any atom is -0.496 e. The molecule has 0 spiro atoms. The third kappa shape index (κ3) is 2.85. The number of ether oxygens (including phenoxy) is 2. The first-order valence-electron chi connectivity index (χ1n) is 7.30. The van der Waals surface area contributed by atoms with Crippen molar-refractivity contribution in [3.8, 4) is 22.9 Å². The standard InChI is InChI=1S/C18H19N3O2/c1-22-15-8-5-9-16(23-2)17(15)18-20-10-11-21(18)12-13-6-3-4-7-14(13)19/h3-11H,12,19H2,1-2H3. The highest BCUT2D eigenvalue weighted by Crippen LogP contribution is 2.37. The Bertz CT molecular complexity index is 789. The Morgan fingerprint density at radius 2 is 1.70 bits per heavy atom. The van der Waals surface area contributed by atoms with Gasteiger partial charge in [-0.15, -0.1) is 0 Å². The van der Waals surface area contributed by atoms with E-state index in [1.807, 2.05) is 53.2 Å². The third-order valence-electron chi connectivity index (χ3n) is 3.76. The highest BCUT2D eigenvalue weighted by molar-refractivity contribution is 5.72. The second kappa shape index (κ2) is 6.44. The molecule has 0 bridgehead atoms. The molecule has 2 N–H and O–H groups in total. The van der Waals surface area contributed by atoms with Gasteiger partial charge in [0.2, 0.25) is 0 Å². The number of nitrogens with two attached hydrogens (primary N) is 1. The van der Waals surface area contributed by atoms with Crippen molar-refractivity contribution in [3.05, 3.63) is 60.4 Å². The molecule has 0 atom stereocenters. The van der Waals surface area contributed by atoms with E-state index in [2.05, 4.69) is 4.98 Å². The van der Waals surface area contributed by atoms with Crippen LogP contribution in [0.25, 0.3) is 11.4 Å². The number of nitrogen functional groups attached to an aromatic ring is 1. The molecule has 5 heteroatoms. The summed E-state index contributed by atoms with van der Waals surface area (Å²) in [5.74, 6) is 2.22. The summed E-state index contributed by atoms with van der Waals surface area (Å²) in [6.45, 7) is 0.628. The molecule has 3 rings (SSSR count). The van der Waals surface area contributed by atoms with E-state index < -0.39 is 0 Å². The number of methoxy groups -OCH3 is 2. The van der Waals surface area contributed by atoms with Crippen molar-refractivity contribution in [2.24, 2.45) is 0 Å². The van der Waals surface area contributed by atoms with Crippen LogP contribution in [0, 0.1) is 0 Å². The van der Waals surface area contributed by atoms with Crippen molar-refractivity contribution in [3.63, 3.8) is 0 Å². The molecule has 23 heavy (non-hydrogen) atoms. The van der Waals surface area contributed by atoms with Gasteiger partial charge in [0.25, 0.3) is 0 Å². The van der Waals surface area contributed by atoms with Crippen LogP contribution in [0.4, 0.5) is 5.69 Å². The Morgan fingerprint density at radius 1 is 1.00 bits per heavy atom. The molecule has 2 aromatic carbocycles. The number of rotatable bonds is 5. The Hall–Kier alpha value is -2.95. The zero-order chi connectivity index (χ0) is 16.2. The molecule has 0 aliphatic heterocycles. The van der Waals surface area contributed by atoms with E-state index in [-0.39, 0.29) is 0 Å². The quantitative estimate of drug-likeness (QED) is 0.735. The Morgan fingerprint density at radius 3 is 2.35 bits per heavy atom. The smallest absolute Gasteiger partial charge is 0.147 e. The van der Waals surface area contributed by atoms with Crippen LogP contribution in [0.15, 0.2) is 54.9 Å². The van der Waals surface area contributed by atoms with Crippen LogP contribution in [-0.2, 0) is 6.54 Å². The van der Waals surface area contributed by atoms with Crippen molar-refractivity contribution in [2.45, 2.75) is 6.54 Å². The summed E-state index contributed by atoms with van der Waals surface area (Å²) < 4.78 is 13.0. The topological polar surface area (TPSA) is 62.3 Å². The van der Waals surface area contributed by atoms with Gasteiger partial charge in [-0.1, -0.05) is 24.3 Å². The lowest BCUT2D eigenvalue weighted by molar-refractivity contribution is 0.396. The van der Waals surface area contributed by atoms with Gasteiger partial charge in [-0.25, -0.2) is 4.98 Å². The molecule has 0 radical (unpaired) electrons. The first kappa shape index (κ1) is 15.0. The Balaban J connectivity index is 2.07. The average molecular weight is 309 g/mol. The third-order valence-corrected chi connectivity index (χ3v) is 3.76. The maximum atomic E-state index is 6.05. The molecular formula is C18H19N3O2. The lowest BCUT2D eigenvalue weighted by Gasteiger charge is -2.15. The number of hydrogen-bond donors (Lipinski definition) is 1. The van der Waals surface area contributed by atoms with Crippen LogP contribution in [-0.4, -0.2) is 23.8 Å². The van der Waals surface area contributed by atoms with Gasteiger partial charge in [-0.3, -0.25) is 0 Å². The summed E-state index contributed by atoms with van der Waals surface area (Å²) in [5, 5.41) is 0. The normalized spacial score (nSPS) is 10.5. The second-order valence-corrected chi connectivity index (χ2v) is 5.12. The van der Waals surface area contributed by atoms with E-state index in [4.69, 9.17) is 15.2 Å². The SMILES string of the molecule is COc1cccc(OC)c1-c1nccn1Cc1ccccc1N. The van der Waals surface area contributed by atoms with Crippen LogP contribution >= 0.6 is 0 Å². The van der Waals surface area contributed by atoms with Crippen molar-refractivity contribution < 1.29 is 9.47 Å². The summed E-state index contributed by atoms with van der Waals surface area (Å²) in [6.07, 6.45) is 3.69. The molecule has 118 valence electrons. The minimum absolute atomic E-state index is 0.628. The second-order valence-electron chi connectivity index (χ2n) is 5.12. The van der Waals surface area contributed by atoms with E-state index >= 15 is 0 Å². The van der Waals surface area contributed by atoms with E-state index in [9.17, 15) is 0 Å². The van der Waals surface area contributed by atoms with Gasteiger partial charge in [0, 0.05) is 18.1 Å². The highest BCUT2D eigenvalue weighted by Gasteiger charge is 2.17. The molecular weight excluding hydrogens is 290 g/mol. The number of benzene rings is 2. The van der Waals surface area contributed by atoms with Gasteiger partial charge in [0.15, 0.2) is 0 Å².